The summed E-state index contributed by atoms with van der Waals surface area (Å²) in [5.41, 5.74) is 0. The molecule has 1 N–H and O–H groups in total. The molecule has 1 amide bonds. The van der Waals surface area contributed by atoms with Crippen molar-refractivity contribution in [3.8, 4) is 0 Å². The van der Waals surface area contributed by atoms with Crippen molar-refractivity contribution in [2.45, 2.75) is 46.1 Å². The Bertz CT molecular complexity index is 206. The molecule has 15 heavy (non-hydrogen) atoms. The average Bonchev–Trinajstić information content (AvgIpc) is 2.24. The molecule has 88 valence electrons. The lowest BCUT2D eigenvalue weighted by atomic mass is 9.98. The zero-order valence-electron chi connectivity index (χ0n) is 10.3. The number of nitrogens with zero attached hydrogens (tertiary/aromatic N) is 1. The molecule has 0 spiro atoms. The summed E-state index contributed by atoms with van der Waals surface area (Å²) in [4.78, 5) is 13.9. The molecule has 0 radical (unpaired) electrons. The van der Waals surface area contributed by atoms with E-state index >= 15 is 0 Å². The van der Waals surface area contributed by atoms with E-state index < -0.39 is 0 Å². The maximum atomic E-state index is 11.9. The van der Waals surface area contributed by atoms with Crippen molar-refractivity contribution in [2.75, 3.05) is 19.6 Å². The quantitative estimate of drug-likeness (QED) is 0.751. The lowest BCUT2D eigenvalue weighted by Crippen LogP contribution is -2.47. The van der Waals surface area contributed by atoms with Gasteiger partial charge in [-0.05, 0) is 25.8 Å². The molecule has 2 atom stereocenters. The first-order valence-corrected chi connectivity index (χ1v) is 6.21. The molecule has 0 aliphatic carbocycles. The third-order valence-electron chi connectivity index (χ3n) is 3.22. The second-order valence-corrected chi connectivity index (χ2v) is 4.49. The summed E-state index contributed by atoms with van der Waals surface area (Å²) in [6.45, 7) is 9.14. The molecular weight excluding hydrogens is 188 g/mol. The van der Waals surface area contributed by atoms with Crippen molar-refractivity contribution < 1.29 is 4.79 Å². The van der Waals surface area contributed by atoms with Crippen molar-refractivity contribution in [1.29, 1.82) is 0 Å². The molecule has 0 bridgehead atoms. The van der Waals surface area contributed by atoms with Gasteiger partial charge in [-0.2, -0.15) is 0 Å². The van der Waals surface area contributed by atoms with Gasteiger partial charge in [0.05, 0.1) is 0 Å². The van der Waals surface area contributed by atoms with Gasteiger partial charge < -0.3 is 10.2 Å². The first-order valence-electron chi connectivity index (χ1n) is 6.21. The molecule has 0 aromatic heterocycles. The van der Waals surface area contributed by atoms with Gasteiger partial charge in [0, 0.05) is 25.0 Å². The van der Waals surface area contributed by atoms with E-state index in [0.717, 1.165) is 38.9 Å². The van der Waals surface area contributed by atoms with Crippen LogP contribution >= 0.6 is 0 Å². The van der Waals surface area contributed by atoms with Crippen molar-refractivity contribution in [3.05, 3.63) is 0 Å². The lowest BCUT2D eigenvalue weighted by molar-refractivity contribution is -0.138. The number of carbonyl (C=O) groups is 1. The Labute approximate surface area is 93.2 Å². The van der Waals surface area contributed by atoms with Crippen LogP contribution in [0.2, 0.25) is 0 Å². The predicted octanol–water partition coefficient (Wildman–Crippen LogP) is 1.63. The molecule has 0 aromatic carbocycles. The Balaban J connectivity index is 2.44. The molecule has 1 saturated heterocycles. The van der Waals surface area contributed by atoms with E-state index in [1.54, 1.807) is 0 Å². The van der Waals surface area contributed by atoms with Crippen molar-refractivity contribution >= 4 is 5.91 Å². The van der Waals surface area contributed by atoms with E-state index in [2.05, 4.69) is 19.2 Å². The molecule has 3 nitrogen and oxygen atoms in total. The molecule has 3 heteroatoms. The first-order chi connectivity index (χ1) is 7.19. The highest BCUT2D eigenvalue weighted by Crippen LogP contribution is 2.17. The van der Waals surface area contributed by atoms with Crippen LogP contribution < -0.4 is 5.32 Å². The van der Waals surface area contributed by atoms with Gasteiger partial charge in [0.1, 0.15) is 0 Å². The number of likely N-dealkylation sites (tertiary alicyclic amines) is 1. The van der Waals surface area contributed by atoms with Gasteiger partial charge in [-0.1, -0.05) is 20.8 Å². The van der Waals surface area contributed by atoms with Crippen LogP contribution in [0.15, 0.2) is 0 Å². The van der Waals surface area contributed by atoms with Gasteiger partial charge >= 0.3 is 0 Å². The lowest BCUT2D eigenvalue weighted by Gasteiger charge is -2.33. The van der Waals surface area contributed by atoms with Gasteiger partial charge in [0.15, 0.2) is 0 Å². The van der Waals surface area contributed by atoms with E-state index in [9.17, 15) is 4.79 Å². The number of carbonyl (C=O) groups excluding carboxylic acids is 1. The number of amides is 1. The van der Waals surface area contributed by atoms with Crippen LogP contribution in [0, 0.1) is 5.92 Å². The summed E-state index contributed by atoms with van der Waals surface area (Å²) in [5.74, 6) is 0.579. The minimum absolute atomic E-state index is 0.234. The Morgan fingerprint density at radius 1 is 1.53 bits per heavy atom. The molecule has 1 rings (SSSR count). The van der Waals surface area contributed by atoms with Crippen LogP contribution in [0.5, 0.6) is 0 Å². The Morgan fingerprint density at radius 3 is 2.87 bits per heavy atom. The highest BCUT2D eigenvalue weighted by molar-refractivity contribution is 5.79. The maximum Gasteiger partial charge on any atom is 0.225 e. The monoisotopic (exact) mass is 212 g/mol. The molecule has 1 fully saturated rings. The molecule has 1 heterocycles. The van der Waals surface area contributed by atoms with Crippen LogP contribution in [-0.4, -0.2) is 36.5 Å². The summed E-state index contributed by atoms with van der Waals surface area (Å²) in [6.07, 6.45) is 3.31. The molecule has 1 aliphatic heterocycles. The van der Waals surface area contributed by atoms with Crippen LogP contribution in [0.1, 0.15) is 40.0 Å². The fraction of sp³-hybridized carbons (Fsp3) is 0.917. The van der Waals surface area contributed by atoms with E-state index in [1.165, 1.54) is 0 Å². The van der Waals surface area contributed by atoms with Crippen LogP contribution in [0.3, 0.4) is 0 Å². The Kier molecular flexibility index (Phi) is 5.09. The summed E-state index contributed by atoms with van der Waals surface area (Å²) < 4.78 is 0. The minimum atomic E-state index is 0.234. The zero-order valence-corrected chi connectivity index (χ0v) is 10.3. The fourth-order valence-corrected chi connectivity index (χ4v) is 2.21. The topological polar surface area (TPSA) is 32.3 Å². The summed E-state index contributed by atoms with van der Waals surface area (Å²) in [5, 5.41) is 3.42. The highest BCUT2D eigenvalue weighted by Gasteiger charge is 2.26. The van der Waals surface area contributed by atoms with Crippen LogP contribution in [-0.2, 0) is 4.79 Å². The normalized spacial score (nSPS) is 24.3. The Hall–Kier alpha value is -0.570. The van der Waals surface area contributed by atoms with E-state index in [4.69, 9.17) is 0 Å². The zero-order chi connectivity index (χ0) is 11.3. The van der Waals surface area contributed by atoms with Crippen molar-refractivity contribution in [2.24, 2.45) is 5.92 Å². The predicted molar refractivity (Wildman–Crippen MR) is 62.7 cm³/mol. The van der Waals surface area contributed by atoms with E-state index in [1.807, 2.05) is 11.8 Å². The van der Waals surface area contributed by atoms with Crippen LogP contribution in [0.25, 0.3) is 0 Å². The number of hydrogen-bond acceptors (Lipinski definition) is 2. The Morgan fingerprint density at radius 2 is 2.27 bits per heavy atom. The van der Waals surface area contributed by atoms with Gasteiger partial charge in [0.2, 0.25) is 5.91 Å². The molecule has 1 aliphatic rings. The largest absolute Gasteiger partial charge is 0.341 e. The smallest absolute Gasteiger partial charge is 0.225 e. The average molecular weight is 212 g/mol. The van der Waals surface area contributed by atoms with Gasteiger partial charge in [-0.25, -0.2) is 0 Å². The third-order valence-corrected chi connectivity index (χ3v) is 3.22. The summed E-state index contributed by atoms with van der Waals surface area (Å²) in [7, 11) is 0. The number of likely N-dealkylation sites (N-methyl/N-ethyl adjacent to an activating group) is 1. The number of piperidine rings is 1. The minimum Gasteiger partial charge on any atom is -0.341 e. The number of rotatable bonds is 5. The highest BCUT2D eigenvalue weighted by atomic mass is 16.2. The standard InChI is InChI=1S/C12H24N2O/c1-4-11(13-5-2)9-14-8-6-7-10(3)12(14)15/h10-11,13H,4-9H2,1-3H3. The molecule has 0 saturated carbocycles. The third kappa shape index (κ3) is 3.49. The van der Waals surface area contributed by atoms with Gasteiger partial charge in [0.25, 0.3) is 0 Å². The van der Waals surface area contributed by atoms with Crippen molar-refractivity contribution in [1.82, 2.24) is 10.2 Å². The van der Waals surface area contributed by atoms with E-state index in [0.29, 0.717) is 11.9 Å². The molecule has 0 aromatic rings. The fourth-order valence-electron chi connectivity index (χ4n) is 2.21. The van der Waals surface area contributed by atoms with Crippen LogP contribution in [0.4, 0.5) is 0 Å². The summed E-state index contributed by atoms with van der Waals surface area (Å²) >= 11 is 0. The number of hydrogen-bond donors (Lipinski definition) is 1. The first kappa shape index (κ1) is 12.5. The maximum absolute atomic E-state index is 11.9. The van der Waals surface area contributed by atoms with E-state index in [-0.39, 0.29) is 5.92 Å². The second kappa shape index (κ2) is 6.11. The van der Waals surface area contributed by atoms with Crippen molar-refractivity contribution in [3.63, 3.8) is 0 Å². The molecule has 2 unspecified atom stereocenters. The SMILES string of the molecule is CCNC(CC)CN1CCCC(C)C1=O. The van der Waals surface area contributed by atoms with Gasteiger partial charge in [-0.15, -0.1) is 0 Å². The van der Waals surface area contributed by atoms with Gasteiger partial charge in [-0.3, -0.25) is 4.79 Å². The number of nitrogens with one attached hydrogen (secondary N) is 1. The summed E-state index contributed by atoms with van der Waals surface area (Å²) in [6, 6.07) is 0.462. The second-order valence-electron chi connectivity index (χ2n) is 4.49. The molecular formula is C12H24N2O.